The third kappa shape index (κ3) is 15.2. The third-order valence-electron chi connectivity index (χ3n) is 17.6. The fourth-order valence-electron chi connectivity index (χ4n) is 12.8. The lowest BCUT2D eigenvalue weighted by molar-refractivity contribution is -0.0732. The van der Waals surface area contributed by atoms with Crippen molar-refractivity contribution >= 4 is 60.7 Å². The average Bonchev–Trinajstić information content (AvgIpc) is 1.17. The van der Waals surface area contributed by atoms with Crippen LogP contribution in [-0.2, 0) is 68.7 Å². The number of imidazole rings is 2. The first kappa shape index (κ1) is 69.8. The number of aromatic nitrogens is 8. The SMILES string of the molecule is COc1ccc(CO[C@H]2C(F)[C@@H](COP(O)(O)=S)O[C@H]2n2cnc3c(NC(c4ccccc4)(c4ccccc4)c4ccccc4)ncnc32)cc1.COc1ccc(CO[C@H]2C(F)[C@@H](CO[P+](=O)O)O[C@H]2n2cnc3c(NC(c4ccccc4)(c4ccccc4)c4ccccc4)ncnc32)cc1.[HH]. The number of benzene rings is 8. The lowest BCUT2D eigenvalue weighted by atomic mass is 9.77. The van der Waals surface area contributed by atoms with Crippen molar-refractivity contribution in [2.75, 3.05) is 38.1 Å². The summed E-state index contributed by atoms with van der Waals surface area (Å²) < 4.78 is 91.6. The molecular formula is C74H71F2N10O12P2S+. The molecule has 0 amide bonds. The summed E-state index contributed by atoms with van der Waals surface area (Å²) >= 11 is 4.60. The van der Waals surface area contributed by atoms with Crippen LogP contribution in [0.1, 0.15) is 58.4 Å². The number of anilines is 2. The molecule has 22 nitrogen and oxygen atoms in total. The lowest BCUT2D eigenvalue weighted by Crippen LogP contribution is -2.38. The fraction of sp³-hybridized carbons (Fsp3) is 0.216. The predicted molar refractivity (Wildman–Crippen MR) is 380 cm³/mol. The van der Waals surface area contributed by atoms with Crippen LogP contribution >= 0.6 is 15.0 Å². The van der Waals surface area contributed by atoms with Gasteiger partial charge in [-0.05, 0) is 80.6 Å². The van der Waals surface area contributed by atoms with Crippen LogP contribution in [-0.4, -0.2) is 118 Å². The molecule has 27 heteroatoms. The molecule has 4 aromatic heterocycles. The summed E-state index contributed by atoms with van der Waals surface area (Å²) in [6.07, 6.45) is -4.38. The second-order valence-corrected chi connectivity index (χ2v) is 27.0. The Morgan fingerprint density at radius 2 is 0.832 bits per heavy atom. The van der Waals surface area contributed by atoms with E-state index in [0.717, 1.165) is 44.5 Å². The first-order valence-electron chi connectivity index (χ1n) is 32.1. The smallest absolute Gasteiger partial charge is 0.497 e. The summed E-state index contributed by atoms with van der Waals surface area (Å²) in [5, 5.41) is 7.49. The number of ether oxygens (including phenoxy) is 6. The molecule has 14 rings (SSSR count). The minimum atomic E-state index is -4.07. The van der Waals surface area contributed by atoms with Crippen LogP contribution in [0, 0.1) is 0 Å². The highest BCUT2D eigenvalue weighted by Gasteiger charge is 2.51. The number of rotatable bonds is 26. The highest BCUT2D eigenvalue weighted by atomic mass is 32.5. The Morgan fingerprint density at radius 3 is 1.14 bits per heavy atom. The molecule has 2 fully saturated rings. The van der Waals surface area contributed by atoms with Crippen molar-refractivity contribution in [3.63, 3.8) is 0 Å². The van der Waals surface area contributed by atoms with Crippen molar-refractivity contribution < 1.29 is 66.9 Å². The molecule has 3 unspecified atom stereocenters. The maximum absolute atomic E-state index is 16.1. The number of hydrogen-bond acceptors (Lipinski definition) is 18. The van der Waals surface area contributed by atoms with Gasteiger partial charge in [-0.3, -0.25) is 9.13 Å². The molecule has 101 heavy (non-hydrogen) atoms. The highest BCUT2D eigenvalue weighted by Crippen LogP contribution is 2.46. The quantitative estimate of drug-likeness (QED) is 0.0249. The summed E-state index contributed by atoms with van der Waals surface area (Å²) in [4.78, 5) is 56.5. The number of nitrogens with one attached hydrogen (secondary N) is 2. The molecule has 6 heterocycles. The maximum Gasteiger partial charge on any atom is 0.694 e. The zero-order chi connectivity index (χ0) is 69.9. The molecule has 0 aliphatic carbocycles. The van der Waals surface area contributed by atoms with Gasteiger partial charge in [-0.2, -0.15) is 0 Å². The first-order valence-corrected chi connectivity index (χ1v) is 35.8. The number of halogens is 2. The van der Waals surface area contributed by atoms with E-state index < -0.39 is 88.5 Å². The largest absolute Gasteiger partial charge is 0.694 e. The van der Waals surface area contributed by atoms with E-state index in [4.69, 9.17) is 47.4 Å². The van der Waals surface area contributed by atoms with Crippen LogP contribution in [0.25, 0.3) is 22.3 Å². The van der Waals surface area contributed by atoms with Gasteiger partial charge >= 0.3 is 15.0 Å². The van der Waals surface area contributed by atoms with E-state index >= 15 is 8.78 Å². The molecule has 12 aromatic rings. The van der Waals surface area contributed by atoms with Crippen molar-refractivity contribution in [2.45, 2.75) is 73.5 Å². The topological polar surface area (TPSA) is 263 Å². The van der Waals surface area contributed by atoms with Gasteiger partial charge in [-0.15, -0.1) is 9.42 Å². The predicted octanol–water partition coefficient (Wildman–Crippen LogP) is 13.3. The Morgan fingerprint density at radius 1 is 0.505 bits per heavy atom. The lowest BCUT2D eigenvalue weighted by Gasteiger charge is -2.37. The average molecular weight is 1420 g/mol. The molecule has 0 radical (unpaired) electrons. The van der Waals surface area contributed by atoms with Gasteiger partial charge in [0.25, 0.3) is 0 Å². The third-order valence-corrected chi connectivity index (χ3v) is 18.8. The maximum atomic E-state index is 16.1. The minimum absolute atomic E-state index is 0. The van der Waals surface area contributed by atoms with Gasteiger partial charge in [0.1, 0.15) is 66.3 Å². The van der Waals surface area contributed by atoms with Crippen LogP contribution in [0.3, 0.4) is 0 Å². The normalized spacial score (nSPS) is 19.3. The van der Waals surface area contributed by atoms with Crippen molar-refractivity contribution in [1.29, 1.82) is 0 Å². The fourth-order valence-corrected chi connectivity index (χ4v) is 13.6. The van der Waals surface area contributed by atoms with E-state index in [0.29, 0.717) is 45.5 Å². The van der Waals surface area contributed by atoms with Crippen LogP contribution in [0.5, 0.6) is 11.5 Å². The van der Waals surface area contributed by atoms with E-state index in [1.807, 2.05) is 133 Å². The minimum Gasteiger partial charge on any atom is -0.497 e. The van der Waals surface area contributed by atoms with Gasteiger partial charge in [0.2, 0.25) is 0 Å². The molecule has 2 saturated heterocycles. The zero-order valence-electron chi connectivity index (χ0n) is 54.3. The summed E-state index contributed by atoms with van der Waals surface area (Å²) in [6.45, 7) is -4.89. The molecule has 2 aliphatic rings. The summed E-state index contributed by atoms with van der Waals surface area (Å²) in [7, 11) is 0.192. The summed E-state index contributed by atoms with van der Waals surface area (Å²) in [6, 6.07) is 74.9. The zero-order valence-corrected chi connectivity index (χ0v) is 57.0. The van der Waals surface area contributed by atoms with Crippen LogP contribution in [0.15, 0.2) is 256 Å². The molecule has 0 saturated carbocycles. The molecular weight excluding hydrogens is 1350 g/mol. The number of nitrogens with zero attached hydrogens (tertiary/aromatic N) is 8. The molecule has 518 valence electrons. The Hall–Kier alpha value is -9.69. The van der Waals surface area contributed by atoms with Crippen molar-refractivity contribution in [2.24, 2.45) is 0 Å². The van der Waals surface area contributed by atoms with Gasteiger partial charge < -0.3 is 53.4 Å². The molecule has 8 aromatic carbocycles. The Labute approximate surface area is 587 Å². The first-order chi connectivity index (χ1) is 49.2. The van der Waals surface area contributed by atoms with Crippen LogP contribution in [0.2, 0.25) is 0 Å². The standard InChI is InChI=1S/C37H35FN5O6PS.C37H33FN5O6P.H2/c1-46-29-19-17-25(18-20-29)21-47-33-31(38)30(22-48-50(44,45)51)49-36(33)43-24-41-32-34(39-23-40-35(32)43)42-37(26-11-5-2-6-12-26,27-13-7-3-8-14-27)28-15-9-4-10-16-28;1-46-29-19-17-25(18-20-29)21-47-33-31(38)30(22-48-50(44)45)49-36(33)43-24-41-32-34(39-23-40-35(32)43)42-37(26-11-5-2-6-12-26,27-13-7-3-8-14-27)28-15-9-4-10-16-28;/h2-20,23-24,30-31,33,36H,21-22H2,1H3,(H,39,40,42)(H2,44,45,51);2-20,23-24,30-31,33,36H,21-22H2,1H3,(H-,39,40,42,44,45);1H/p+1/t2*30-,31?,33+,36-;/m11./s1. The number of fused-ring (bicyclic) bond motifs is 2. The second-order valence-electron chi connectivity index (χ2n) is 23.6. The Kier molecular flexibility index (Phi) is 21.7. The van der Waals surface area contributed by atoms with Gasteiger partial charge in [0.05, 0.1) is 46.7 Å². The summed E-state index contributed by atoms with van der Waals surface area (Å²) in [5.74, 6) is 2.23. The van der Waals surface area contributed by atoms with Crippen molar-refractivity contribution in [1.82, 2.24) is 39.0 Å². The van der Waals surface area contributed by atoms with E-state index in [1.54, 1.807) is 47.6 Å². The van der Waals surface area contributed by atoms with Gasteiger partial charge in [-0.25, -0.2) is 38.7 Å². The number of methoxy groups -OCH3 is 2. The number of hydrogen-bond donors (Lipinski definition) is 5. The van der Waals surface area contributed by atoms with Crippen molar-refractivity contribution in [3.05, 3.63) is 300 Å². The van der Waals surface area contributed by atoms with Gasteiger partial charge in [-0.1, -0.05) is 206 Å². The molecule has 5 N–H and O–H groups in total. The highest BCUT2D eigenvalue weighted by molar-refractivity contribution is 8.06. The van der Waals surface area contributed by atoms with E-state index in [1.165, 1.54) is 25.3 Å². The molecule has 2 aliphatic heterocycles. The Balaban J connectivity index is 0.000000191. The van der Waals surface area contributed by atoms with Gasteiger partial charge in [0, 0.05) is 5.99 Å². The van der Waals surface area contributed by atoms with E-state index in [9.17, 15) is 19.2 Å². The van der Waals surface area contributed by atoms with Gasteiger partial charge in [0.15, 0.2) is 58.8 Å². The van der Waals surface area contributed by atoms with E-state index in [2.05, 4.69) is 115 Å². The monoisotopic (exact) mass is 1420 g/mol. The Bertz CT molecular complexity index is 4560. The molecule has 0 bridgehead atoms. The van der Waals surface area contributed by atoms with E-state index in [-0.39, 0.29) is 14.6 Å². The summed E-state index contributed by atoms with van der Waals surface area (Å²) in [5.41, 5.74) is 7.18. The van der Waals surface area contributed by atoms with Crippen LogP contribution in [0.4, 0.5) is 20.4 Å². The molecule has 9 atom stereocenters. The molecule has 0 spiro atoms. The number of alkyl halides is 2. The van der Waals surface area contributed by atoms with Crippen molar-refractivity contribution in [3.8, 4) is 11.5 Å². The second kappa shape index (κ2) is 31.5. The van der Waals surface area contributed by atoms with Crippen LogP contribution < -0.4 is 20.1 Å².